The zero-order valence-corrected chi connectivity index (χ0v) is 14.8. The molecular formula is C15H19N4O4S+. The molecule has 8 nitrogen and oxygen atoms in total. The Morgan fingerprint density at radius 2 is 2.04 bits per heavy atom. The van der Waals surface area contributed by atoms with Gasteiger partial charge in [-0.15, -0.1) is 0 Å². The van der Waals surface area contributed by atoms with Crippen LogP contribution in [0.3, 0.4) is 0 Å². The molecule has 2 atom stereocenters. The van der Waals surface area contributed by atoms with E-state index in [2.05, 4.69) is 9.98 Å². The number of thioether (sulfide) groups is 1. The van der Waals surface area contributed by atoms with Gasteiger partial charge in [-0.25, -0.2) is 9.79 Å². The lowest BCUT2D eigenvalue weighted by Crippen LogP contribution is -2.55. The molecule has 1 saturated carbocycles. The van der Waals surface area contributed by atoms with E-state index < -0.39 is 17.2 Å². The van der Waals surface area contributed by atoms with Crippen molar-refractivity contribution in [3.05, 3.63) is 0 Å². The molecule has 0 aromatic carbocycles. The van der Waals surface area contributed by atoms with Crippen LogP contribution in [-0.4, -0.2) is 70.6 Å². The second-order valence-electron chi connectivity index (χ2n) is 6.01. The van der Waals surface area contributed by atoms with Crippen molar-refractivity contribution in [2.45, 2.75) is 25.0 Å². The lowest BCUT2D eigenvalue weighted by atomic mass is 10.0. The van der Waals surface area contributed by atoms with Gasteiger partial charge in [0.25, 0.3) is 5.84 Å². The number of methoxy groups -OCH3 is 1. The van der Waals surface area contributed by atoms with Gasteiger partial charge < -0.3 is 4.74 Å². The third-order valence-electron chi connectivity index (χ3n) is 4.23. The number of hydrogen-bond donors (Lipinski definition) is 0. The van der Waals surface area contributed by atoms with E-state index in [1.807, 2.05) is 0 Å². The summed E-state index contributed by atoms with van der Waals surface area (Å²) in [4.78, 5) is 46.6. The number of amidine groups is 2. The summed E-state index contributed by atoms with van der Waals surface area (Å²) in [5, 5.41) is -0.00871. The molecule has 1 aliphatic carbocycles. The van der Waals surface area contributed by atoms with Crippen LogP contribution in [0.15, 0.2) is 9.98 Å². The fourth-order valence-corrected chi connectivity index (χ4v) is 3.65. The Kier molecular flexibility index (Phi) is 4.29. The van der Waals surface area contributed by atoms with Crippen LogP contribution in [0.1, 0.15) is 19.8 Å². The Morgan fingerprint density at radius 3 is 2.62 bits per heavy atom. The summed E-state index contributed by atoms with van der Waals surface area (Å²) >= 11 is 1.19. The van der Waals surface area contributed by atoms with Crippen LogP contribution in [0.2, 0.25) is 0 Å². The quantitative estimate of drug-likeness (QED) is 0.553. The fraction of sp³-hybridized carbons (Fsp3) is 0.600. The highest BCUT2D eigenvalue weighted by Crippen LogP contribution is 2.36. The number of ether oxygens (including phenoxy) is 1. The van der Waals surface area contributed by atoms with E-state index in [1.54, 1.807) is 14.0 Å². The zero-order valence-electron chi connectivity index (χ0n) is 14.0. The average molecular weight is 351 g/mol. The highest BCUT2D eigenvalue weighted by Gasteiger charge is 2.50. The van der Waals surface area contributed by atoms with Crippen LogP contribution in [0.5, 0.6) is 0 Å². The highest BCUT2D eigenvalue weighted by molar-refractivity contribution is 8.15. The predicted molar refractivity (Wildman–Crippen MR) is 89.5 cm³/mol. The third kappa shape index (κ3) is 2.77. The van der Waals surface area contributed by atoms with Gasteiger partial charge in [0, 0.05) is 5.92 Å². The van der Waals surface area contributed by atoms with Gasteiger partial charge in [-0.2, -0.15) is 9.48 Å². The topological polar surface area (TPSA) is 91.4 Å². The molecule has 0 aromatic rings. The Hall–Kier alpha value is -2.03. The van der Waals surface area contributed by atoms with Crippen molar-refractivity contribution < 1.29 is 23.7 Å². The van der Waals surface area contributed by atoms with E-state index in [9.17, 15) is 14.4 Å². The summed E-state index contributed by atoms with van der Waals surface area (Å²) in [6.07, 6.45) is 1.99. The van der Waals surface area contributed by atoms with E-state index in [0.717, 1.165) is 17.7 Å². The average Bonchev–Trinajstić information content (AvgIpc) is 3.41. The van der Waals surface area contributed by atoms with Gasteiger partial charge >= 0.3 is 17.9 Å². The molecule has 3 amide bonds. The standard InChI is InChI=1S/C15H19N4O4S/c1-7(14(21)23-4)24-12-9-11(16-10(17-12)8-5-6-8)18(2)15(22)19(3)13(9)20/h7-9H,5-6H2,1-4H3/q+1. The van der Waals surface area contributed by atoms with Crippen LogP contribution in [0.4, 0.5) is 4.79 Å². The first-order valence-electron chi connectivity index (χ1n) is 7.69. The van der Waals surface area contributed by atoms with Crippen LogP contribution in [0, 0.1) is 11.8 Å². The minimum Gasteiger partial charge on any atom is -0.468 e. The summed E-state index contributed by atoms with van der Waals surface area (Å²) in [6, 6.07) is -0.419. The van der Waals surface area contributed by atoms with Gasteiger partial charge in [0.05, 0.1) is 21.2 Å². The zero-order chi connectivity index (χ0) is 17.6. The van der Waals surface area contributed by atoms with Crippen molar-refractivity contribution in [2.75, 3.05) is 21.2 Å². The number of hydrogen-bond acceptors (Lipinski definition) is 7. The first kappa shape index (κ1) is 16.8. The van der Waals surface area contributed by atoms with E-state index in [-0.39, 0.29) is 17.8 Å². The Bertz CT molecular complexity index is 723. The van der Waals surface area contributed by atoms with Crippen molar-refractivity contribution >= 4 is 46.4 Å². The number of carbonyl (C=O) groups excluding carboxylic acids is 3. The number of fused-ring (bicyclic) bond motifs is 1. The summed E-state index contributed by atoms with van der Waals surface area (Å²) in [5.41, 5.74) is 0. The molecule has 0 spiro atoms. The molecule has 3 aliphatic rings. The summed E-state index contributed by atoms with van der Waals surface area (Å²) in [7, 11) is 4.35. The summed E-state index contributed by atoms with van der Waals surface area (Å²) < 4.78 is 6.13. The maximum Gasteiger partial charge on any atom is 0.445 e. The number of amides is 3. The first-order valence-corrected chi connectivity index (χ1v) is 8.56. The SMILES string of the molecule is COC(=O)C(C)SC1=NC(C2CC2)=NC2=[N+](C)C(=O)N(C)C(=O)C12. The fourth-order valence-electron chi connectivity index (χ4n) is 2.60. The molecule has 2 heterocycles. The molecule has 0 saturated heterocycles. The van der Waals surface area contributed by atoms with Gasteiger partial charge in [-0.05, 0) is 19.8 Å². The molecule has 0 bridgehead atoms. The molecule has 0 N–H and O–H groups in total. The molecule has 2 aliphatic heterocycles. The Balaban J connectivity index is 2.02. The smallest absolute Gasteiger partial charge is 0.445 e. The molecule has 3 rings (SSSR count). The summed E-state index contributed by atoms with van der Waals surface area (Å²) in [6.45, 7) is 1.70. The number of carbonyl (C=O) groups is 3. The lowest BCUT2D eigenvalue weighted by Gasteiger charge is -2.27. The van der Waals surface area contributed by atoms with Crippen molar-refractivity contribution in [2.24, 2.45) is 21.8 Å². The summed E-state index contributed by atoms with van der Waals surface area (Å²) in [5.74, 6) is -0.230. The van der Waals surface area contributed by atoms with Crippen LogP contribution >= 0.6 is 11.8 Å². The third-order valence-corrected chi connectivity index (χ3v) is 5.34. The number of imide groups is 1. The molecule has 2 unspecified atom stereocenters. The number of esters is 1. The molecule has 0 radical (unpaired) electrons. The van der Waals surface area contributed by atoms with Gasteiger partial charge in [-0.3, -0.25) is 9.59 Å². The monoisotopic (exact) mass is 351 g/mol. The van der Waals surface area contributed by atoms with Gasteiger partial charge in [0.15, 0.2) is 5.92 Å². The molecular weight excluding hydrogens is 332 g/mol. The second kappa shape index (κ2) is 6.12. The van der Waals surface area contributed by atoms with E-state index >= 15 is 0 Å². The first-order chi connectivity index (χ1) is 11.3. The van der Waals surface area contributed by atoms with Gasteiger partial charge in [0.1, 0.15) is 10.3 Å². The van der Waals surface area contributed by atoms with Gasteiger partial charge in [0.2, 0.25) is 5.84 Å². The number of nitrogens with zero attached hydrogens (tertiary/aromatic N) is 4. The van der Waals surface area contributed by atoms with Crippen molar-refractivity contribution in [3.63, 3.8) is 0 Å². The number of aliphatic imine (C=N–C) groups is 2. The van der Waals surface area contributed by atoms with Crippen molar-refractivity contribution in [1.82, 2.24) is 4.90 Å². The molecule has 24 heavy (non-hydrogen) atoms. The second-order valence-corrected chi connectivity index (χ2v) is 7.37. The lowest BCUT2D eigenvalue weighted by molar-refractivity contribution is -0.407. The Labute approximate surface area is 143 Å². The normalized spacial score (nSPS) is 25.2. The number of urea groups is 1. The highest BCUT2D eigenvalue weighted by atomic mass is 32.2. The van der Waals surface area contributed by atoms with Gasteiger partial charge in [-0.1, -0.05) is 16.8 Å². The minimum atomic E-state index is -0.752. The molecule has 0 aromatic heterocycles. The van der Waals surface area contributed by atoms with Crippen LogP contribution in [-0.2, 0) is 14.3 Å². The maximum absolute atomic E-state index is 12.6. The van der Waals surface area contributed by atoms with E-state index in [1.165, 1.54) is 30.5 Å². The maximum atomic E-state index is 12.6. The molecule has 128 valence electrons. The van der Waals surface area contributed by atoms with E-state index in [4.69, 9.17) is 4.74 Å². The van der Waals surface area contributed by atoms with Crippen molar-refractivity contribution in [1.29, 1.82) is 0 Å². The molecule has 1 fully saturated rings. The molecule has 9 heteroatoms. The minimum absolute atomic E-state index is 0.265. The predicted octanol–water partition coefficient (Wildman–Crippen LogP) is 0.751. The van der Waals surface area contributed by atoms with Crippen LogP contribution in [0.25, 0.3) is 0 Å². The van der Waals surface area contributed by atoms with E-state index in [0.29, 0.717) is 16.7 Å². The Morgan fingerprint density at radius 1 is 1.38 bits per heavy atom. The largest absolute Gasteiger partial charge is 0.468 e. The van der Waals surface area contributed by atoms with Crippen molar-refractivity contribution in [3.8, 4) is 0 Å². The van der Waals surface area contributed by atoms with Crippen LogP contribution < -0.4 is 0 Å². The number of rotatable bonds is 3.